The van der Waals surface area contributed by atoms with Crippen LogP contribution in [0.15, 0.2) is 48.8 Å². The van der Waals surface area contributed by atoms with Gasteiger partial charge in [0.2, 0.25) is 0 Å². The van der Waals surface area contributed by atoms with Crippen LogP contribution in [0.5, 0.6) is 5.75 Å². The summed E-state index contributed by atoms with van der Waals surface area (Å²) >= 11 is 0. The molecule has 0 bridgehead atoms. The zero-order chi connectivity index (χ0) is 12.1. The van der Waals surface area contributed by atoms with E-state index in [4.69, 9.17) is 4.74 Å². The number of amides is 1. The average Bonchev–Trinajstić information content (AvgIpc) is 2.40. The molecule has 0 aliphatic rings. The van der Waals surface area contributed by atoms with Gasteiger partial charge in [0.25, 0.3) is 5.91 Å². The smallest absolute Gasteiger partial charge is 0.255 e. The van der Waals surface area contributed by atoms with Crippen molar-refractivity contribution < 1.29 is 9.53 Å². The number of hydrogen-bond donors (Lipinski definition) is 1. The van der Waals surface area contributed by atoms with Gasteiger partial charge in [-0.15, -0.1) is 0 Å². The minimum Gasteiger partial charge on any atom is -0.497 e. The topological polar surface area (TPSA) is 51.2 Å². The molecule has 0 saturated heterocycles. The van der Waals surface area contributed by atoms with Crippen molar-refractivity contribution in [2.75, 3.05) is 12.4 Å². The van der Waals surface area contributed by atoms with Crippen molar-refractivity contribution in [3.63, 3.8) is 0 Å². The van der Waals surface area contributed by atoms with E-state index in [1.54, 1.807) is 55.9 Å². The number of nitrogens with one attached hydrogen (secondary N) is 1. The maximum absolute atomic E-state index is 11.8. The molecule has 0 saturated carbocycles. The summed E-state index contributed by atoms with van der Waals surface area (Å²) in [5, 5.41) is 2.79. The molecule has 2 aromatic rings. The van der Waals surface area contributed by atoms with Gasteiger partial charge in [0, 0.05) is 23.6 Å². The molecule has 4 nitrogen and oxygen atoms in total. The summed E-state index contributed by atoms with van der Waals surface area (Å²) in [6.07, 6.45) is 3.17. The van der Waals surface area contributed by atoms with Crippen LogP contribution in [-0.4, -0.2) is 18.0 Å². The number of methoxy groups -OCH3 is 1. The predicted octanol–water partition coefficient (Wildman–Crippen LogP) is 2.34. The molecule has 0 fully saturated rings. The third kappa shape index (κ3) is 2.81. The molecular weight excluding hydrogens is 216 g/mol. The number of ether oxygens (including phenoxy) is 1. The molecular formula is C13H12N2O2. The zero-order valence-electron chi connectivity index (χ0n) is 9.38. The second-order valence-corrected chi connectivity index (χ2v) is 3.42. The molecule has 1 aromatic heterocycles. The highest BCUT2D eigenvalue weighted by molar-refractivity contribution is 6.04. The Bertz CT molecular complexity index is 495. The standard InChI is InChI=1S/C13H12N2O2/c1-17-12-4-2-11(3-5-12)15-13(16)10-6-8-14-9-7-10/h2-9H,1H3,(H,15,16). The predicted molar refractivity (Wildman–Crippen MR) is 65.2 cm³/mol. The summed E-state index contributed by atoms with van der Waals surface area (Å²) < 4.78 is 5.04. The SMILES string of the molecule is COc1ccc(NC(=O)c2ccncc2)cc1. The molecule has 0 radical (unpaired) electrons. The molecule has 0 unspecified atom stereocenters. The first-order valence-corrected chi connectivity index (χ1v) is 5.15. The summed E-state index contributed by atoms with van der Waals surface area (Å²) in [5.74, 6) is 0.601. The van der Waals surface area contributed by atoms with Crippen molar-refractivity contribution in [3.05, 3.63) is 54.4 Å². The fraction of sp³-hybridized carbons (Fsp3) is 0.0769. The molecule has 0 aliphatic carbocycles. The highest BCUT2D eigenvalue weighted by Crippen LogP contribution is 2.15. The molecule has 0 aliphatic heterocycles. The van der Waals surface area contributed by atoms with Gasteiger partial charge in [-0.2, -0.15) is 0 Å². The average molecular weight is 228 g/mol. The number of benzene rings is 1. The van der Waals surface area contributed by atoms with Crippen LogP contribution in [0.25, 0.3) is 0 Å². The lowest BCUT2D eigenvalue weighted by atomic mass is 10.2. The van der Waals surface area contributed by atoms with Gasteiger partial charge in [0.15, 0.2) is 0 Å². The Labute approximate surface area is 99.3 Å². The lowest BCUT2D eigenvalue weighted by Crippen LogP contribution is -2.11. The molecule has 0 spiro atoms. The van der Waals surface area contributed by atoms with E-state index in [9.17, 15) is 4.79 Å². The van der Waals surface area contributed by atoms with E-state index in [1.807, 2.05) is 0 Å². The van der Waals surface area contributed by atoms with Crippen molar-refractivity contribution in [2.24, 2.45) is 0 Å². The largest absolute Gasteiger partial charge is 0.497 e. The molecule has 86 valence electrons. The first-order chi connectivity index (χ1) is 8.29. The summed E-state index contributed by atoms with van der Waals surface area (Å²) in [6.45, 7) is 0. The molecule has 1 N–H and O–H groups in total. The Kier molecular flexibility index (Phi) is 3.35. The fourth-order valence-corrected chi connectivity index (χ4v) is 1.38. The Morgan fingerprint density at radius 1 is 1.12 bits per heavy atom. The number of rotatable bonds is 3. The first kappa shape index (κ1) is 11.1. The molecule has 0 atom stereocenters. The van der Waals surface area contributed by atoms with E-state index in [0.29, 0.717) is 5.56 Å². The molecule has 2 rings (SSSR count). The van der Waals surface area contributed by atoms with Crippen LogP contribution in [0.3, 0.4) is 0 Å². The van der Waals surface area contributed by atoms with E-state index in [0.717, 1.165) is 11.4 Å². The van der Waals surface area contributed by atoms with Crippen LogP contribution < -0.4 is 10.1 Å². The number of carbonyl (C=O) groups excluding carboxylic acids is 1. The van der Waals surface area contributed by atoms with Crippen LogP contribution in [0.2, 0.25) is 0 Å². The van der Waals surface area contributed by atoms with Gasteiger partial charge in [-0.25, -0.2) is 0 Å². The minimum atomic E-state index is -0.155. The number of nitrogens with zero attached hydrogens (tertiary/aromatic N) is 1. The molecule has 4 heteroatoms. The Hall–Kier alpha value is -2.36. The monoisotopic (exact) mass is 228 g/mol. The normalized spacial score (nSPS) is 9.71. The van der Waals surface area contributed by atoms with Crippen LogP contribution >= 0.6 is 0 Å². The van der Waals surface area contributed by atoms with Gasteiger partial charge in [-0.1, -0.05) is 0 Å². The highest BCUT2D eigenvalue weighted by atomic mass is 16.5. The summed E-state index contributed by atoms with van der Waals surface area (Å²) in [7, 11) is 1.60. The maximum atomic E-state index is 11.8. The number of hydrogen-bond acceptors (Lipinski definition) is 3. The van der Waals surface area contributed by atoms with E-state index < -0.39 is 0 Å². The van der Waals surface area contributed by atoms with Gasteiger partial charge in [-0.05, 0) is 36.4 Å². The van der Waals surface area contributed by atoms with Crippen molar-refractivity contribution in [1.82, 2.24) is 4.98 Å². The van der Waals surface area contributed by atoms with E-state index >= 15 is 0 Å². The van der Waals surface area contributed by atoms with Gasteiger partial charge in [-0.3, -0.25) is 9.78 Å². The zero-order valence-corrected chi connectivity index (χ0v) is 9.38. The van der Waals surface area contributed by atoms with Crippen LogP contribution in [-0.2, 0) is 0 Å². The maximum Gasteiger partial charge on any atom is 0.255 e. The van der Waals surface area contributed by atoms with Crippen LogP contribution in [0.1, 0.15) is 10.4 Å². The summed E-state index contributed by atoms with van der Waals surface area (Å²) in [6, 6.07) is 10.5. The molecule has 1 heterocycles. The molecule has 1 aromatic carbocycles. The lowest BCUT2D eigenvalue weighted by molar-refractivity contribution is 0.102. The Morgan fingerprint density at radius 3 is 2.35 bits per heavy atom. The van der Waals surface area contributed by atoms with Crippen LogP contribution in [0, 0.1) is 0 Å². The molecule has 1 amide bonds. The summed E-state index contributed by atoms with van der Waals surface area (Å²) in [5.41, 5.74) is 1.31. The van der Waals surface area contributed by atoms with E-state index in [2.05, 4.69) is 10.3 Å². The number of aromatic nitrogens is 1. The van der Waals surface area contributed by atoms with Crippen LogP contribution in [0.4, 0.5) is 5.69 Å². The van der Waals surface area contributed by atoms with Gasteiger partial charge in [0.05, 0.1) is 7.11 Å². The van der Waals surface area contributed by atoms with Crippen molar-refractivity contribution in [3.8, 4) is 5.75 Å². The highest BCUT2D eigenvalue weighted by Gasteiger charge is 2.04. The minimum absolute atomic E-state index is 0.155. The second-order valence-electron chi connectivity index (χ2n) is 3.42. The first-order valence-electron chi connectivity index (χ1n) is 5.15. The second kappa shape index (κ2) is 5.12. The third-order valence-electron chi connectivity index (χ3n) is 2.29. The van der Waals surface area contributed by atoms with Crippen molar-refractivity contribution in [2.45, 2.75) is 0 Å². The third-order valence-corrected chi connectivity index (χ3v) is 2.29. The lowest BCUT2D eigenvalue weighted by Gasteiger charge is -2.05. The molecule has 17 heavy (non-hydrogen) atoms. The van der Waals surface area contributed by atoms with E-state index in [1.165, 1.54) is 0 Å². The number of anilines is 1. The Balaban J connectivity index is 2.08. The number of carbonyl (C=O) groups is 1. The van der Waals surface area contributed by atoms with E-state index in [-0.39, 0.29) is 5.91 Å². The van der Waals surface area contributed by atoms with Crippen molar-refractivity contribution >= 4 is 11.6 Å². The fourth-order valence-electron chi connectivity index (χ4n) is 1.38. The van der Waals surface area contributed by atoms with Crippen molar-refractivity contribution in [1.29, 1.82) is 0 Å². The van der Waals surface area contributed by atoms with Gasteiger partial charge >= 0.3 is 0 Å². The van der Waals surface area contributed by atoms with Gasteiger partial charge < -0.3 is 10.1 Å². The summed E-state index contributed by atoms with van der Waals surface area (Å²) in [4.78, 5) is 15.7. The number of pyridine rings is 1. The quantitative estimate of drug-likeness (QED) is 0.877. The Morgan fingerprint density at radius 2 is 1.76 bits per heavy atom. The van der Waals surface area contributed by atoms with Gasteiger partial charge in [0.1, 0.15) is 5.75 Å².